The second-order valence-electron chi connectivity index (χ2n) is 6.44. The van der Waals surface area contributed by atoms with E-state index in [1.165, 1.54) is 11.3 Å². The summed E-state index contributed by atoms with van der Waals surface area (Å²) < 4.78 is 38.4. The molecule has 0 radical (unpaired) electrons. The predicted octanol–water partition coefficient (Wildman–Crippen LogP) is 2.55. The monoisotopic (exact) mass is 394 g/mol. The van der Waals surface area contributed by atoms with Gasteiger partial charge in [-0.1, -0.05) is 13.0 Å². The van der Waals surface area contributed by atoms with Crippen LogP contribution < -0.4 is 9.47 Å². The molecule has 3 heterocycles. The van der Waals surface area contributed by atoms with E-state index in [1.807, 2.05) is 31.2 Å². The first kappa shape index (κ1) is 17.8. The van der Waals surface area contributed by atoms with Gasteiger partial charge in [-0.3, -0.25) is 4.90 Å². The second-order valence-corrected chi connectivity index (χ2v) is 9.78. The Labute approximate surface area is 158 Å². The fourth-order valence-corrected chi connectivity index (χ4v) is 6.11. The quantitative estimate of drug-likeness (QED) is 0.780. The fraction of sp³-hybridized carbons (Fsp3) is 0.444. The van der Waals surface area contributed by atoms with Crippen LogP contribution in [0.1, 0.15) is 17.4 Å². The first-order valence-electron chi connectivity index (χ1n) is 8.76. The van der Waals surface area contributed by atoms with Gasteiger partial charge < -0.3 is 9.47 Å². The topological polar surface area (TPSA) is 59.1 Å². The zero-order chi connectivity index (χ0) is 18.1. The molecular formula is C18H22N2O4S2. The smallest absolute Gasteiger partial charge is 0.252 e. The highest BCUT2D eigenvalue weighted by atomic mass is 32.2. The summed E-state index contributed by atoms with van der Waals surface area (Å²) in [5.74, 6) is 1.57. The number of aryl methyl sites for hydroxylation is 1. The third-order valence-electron chi connectivity index (χ3n) is 4.75. The molecule has 1 fully saturated rings. The minimum Gasteiger partial charge on any atom is -0.454 e. The molecule has 0 atom stereocenters. The van der Waals surface area contributed by atoms with E-state index in [0.29, 0.717) is 17.3 Å². The maximum Gasteiger partial charge on any atom is 0.252 e. The van der Waals surface area contributed by atoms with E-state index in [-0.39, 0.29) is 6.79 Å². The number of sulfonamides is 1. The van der Waals surface area contributed by atoms with Crippen molar-refractivity contribution in [1.82, 2.24) is 9.21 Å². The van der Waals surface area contributed by atoms with Gasteiger partial charge in [0.25, 0.3) is 10.0 Å². The van der Waals surface area contributed by atoms with E-state index < -0.39 is 10.0 Å². The summed E-state index contributed by atoms with van der Waals surface area (Å²) in [6.07, 6.45) is 0.865. The number of rotatable bonds is 5. The first-order chi connectivity index (χ1) is 12.6. The van der Waals surface area contributed by atoms with Gasteiger partial charge in [-0.05, 0) is 36.2 Å². The maximum absolute atomic E-state index is 12.8. The zero-order valence-electron chi connectivity index (χ0n) is 14.7. The molecule has 2 aliphatic heterocycles. The minimum absolute atomic E-state index is 0.276. The van der Waals surface area contributed by atoms with Crippen LogP contribution in [0.5, 0.6) is 11.5 Å². The van der Waals surface area contributed by atoms with Gasteiger partial charge in [-0.2, -0.15) is 4.31 Å². The number of fused-ring (bicyclic) bond motifs is 1. The van der Waals surface area contributed by atoms with E-state index in [9.17, 15) is 8.42 Å². The van der Waals surface area contributed by atoms with Gasteiger partial charge in [0, 0.05) is 37.6 Å². The molecule has 6 nitrogen and oxygen atoms in total. The summed E-state index contributed by atoms with van der Waals surface area (Å²) in [6.45, 7) is 5.58. The molecule has 4 rings (SSSR count). The molecule has 26 heavy (non-hydrogen) atoms. The normalized spacial score (nSPS) is 18.3. The molecule has 140 valence electrons. The maximum atomic E-state index is 12.8. The predicted molar refractivity (Wildman–Crippen MR) is 100 cm³/mol. The summed E-state index contributed by atoms with van der Waals surface area (Å²) in [5, 5.41) is 0. The number of ether oxygens (including phenoxy) is 2. The minimum atomic E-state index is -3.37. The fourth-order valence-electron chi connectivity index (χ4n) is 3.24. The Morgan fingerprint density at radius 1 is 1.04 bits per heavy atom. The number of thiophene rings is 1. The van der Waals surface area contributed by atoms with Crippen molar-refractivity contribution in [1.29, 1.82) is 0 Å². The molecule has 2 aromatic rings. The van der Waals surface area contributed by atoms with Gasteiger partial charge in [0.1, 0.15) is 4.21 Å². The van der Waals surface area contributed by atoms with E-state index in [4.69, 9.17) is 9.47 Å². The number of benzene rings is 1. The first-order valence-corrected chi connectivity index (χ1v) is 11.0. The van der Waals surface area contributed by atoms with Crippen molar-refractivity contribution in [3.63, 3.8) is 0 Å². The summed E-state index contributed by atoms with van der Waals surface area (Å²) in [7, 11) is -3.37. The van der Waals surface area contributed by atoms with Crippen molar-refractivity contribution in [3.05, 3.63) is 40.8 Å². The Morgan fingerprint density at radius 3 is 2.54 bits per heavy atom. The van der Waals surface area contributed by atoms with Gasteiger partial charge in [-0.25, -0.2) is 8.42 Å². The highest BCUT2D eigenvalue weighted by Gasteiger charge is 2.29. The molecule has 0 spiro atoms. The van der Waals surface area contributed by atoms with Gasteiger partial charge in [0.15, 0.2) is 11.5 Å². The third-order valence-corrected chi connectivity index (χ3v) is 8.35. The highest BCUT2D eigenvalue weighted by Crippen LogP contribution is 2.33. The van der Waals surface area contributed by atoms with Crippen molar-refractivity contribution >= 4 is 21.4 Å². The highest BCUT2D eigenvalue weighted by molar-refractivity contribution is 7.91. The molecule has 2 aliphatic rings. The zero-order valence-corrected chi connectivity index (χ0v) is 16.3. The van der Waals surface area contributed by atoms with E-state index >= 15 is 0 Å². The van der Waals surface area contributed by atoms with Gasteiger partial charge in [0.2, 0.25) is 6.79 Å². The molecular weight excluding hydrogens is 372 g/mol. The third kappa shape index (κ3) is 3.46. The number of nitrogens with zero attached hydrogens (tertiary/aromatic N) is 2. The number of piperazine rings is 1. The van der Waals surface area contributed by atoms with E-state index in [1.54, 1.807) is 10.4 Å². The van der Waals surface area contributed by atoms with E-state index in [0.717, 1.165) is 48.0 Å². The van der Waals surface area contributed by atoms with Crippen molar-refractivity contribution in [2.24, 2.45) is 0 Å². The average Bonchev–Trinajstić information content (AvgIpc) is 3.31. The Balaban J connectivity index is 1.38. The standard InChI is InChI=1S/C18H22N2O4S2/c1-2-15-4-6-18(25-15)26(21,22)20-9-7-19(8-10-20)12-14-3-5-16-17(11-14)24-13-23-16/h3-6,11H,2,7-10,12-13H2,1H3. The molecule has 0 unspecified atom stereocenters. The lowest BCUT2D eigenvalue weighted by Gasteiger charge is -2.33. The lowest BCUT2D eigenvalue weighted by atomic mass is 10.2. The van der Waals surface area contributed by atoms with Crippen LogP contribution in [0.2, 0.25) is 0 Å². The van der Waals surface area contributed by atoms with Crippen LogP contribution in [-0.4, -0.2) is 50.6 Å². The molecule has 0 saturated carbocycles. The van der Waals surface area contributed by atoms with Crippen LogP contribution in [0.3, 0.4) is 0 Å². The molecule has 8 heteroatoms. The second kappa shape index (κ2) is 7.19. The summed E-state index contributed by atoms with van der Waals surface area (Å²) in [4.78, 5) is 3.38. The number of hydrogen-bond acceptors (Lipinski definition) is 6. The van der Waals surface area contributed by atoms with Crippen LogP contribution in [0.25, 0.3) is 0 Å². The van der Waals surface area contributed by atoms with Crippen molar-refractivity contribution in [2.45, 2.75) is 24.1 Å². The largest absolute Gasteiger partial charge is 0.454 e. The Bertz CT molecular complexity index is 886. The molecule has 1 aromatic heterocycles. The van der Waals surface area contributed by atoms with Crippen LogP contribution in [0, 0.1) is 0 Å². The summed E-state index contributed by atoms with van der Waals surface area (Å²) in [5.41, 5.74) is 1.15. The average molecular weight is 395 g/mol. The van der Waals surface area contributed by atoms with Crippen molar-refractivity contribution in [2.75, 3.05) is 33.0 Å². The molecule has 0 amide bonds. The van der Waals surface area contributed by atoms with Crippen LogP contribution in [0.4, 0.5) is 0 Å². The summed E-state index contributed by atoms with van der Waals surface area (Å²) in [6, 6.07) is 9.61. The SMILES string of the molecule is CCc1ccc(S(=O)(=O)N2CCN(Cc3ccc4c(c3)OCO4)CC2)s1. The van der Waals surface area contributed by atoms with Crippen LogP contribution >= 0.6 is 11.3 Å². The number of hydrogen-bond donors (Lipinski definition) is 0. The van der Waals surface area contributed by atoms with Crippen LogP contribution in [0.15, 0.2) is 34.5 Å². The molecule has 0 N–H and O–H groups in total. The Morgan fingerprint density at radius 2 is 1.81 bits per heavy atom. The Hall–Kier alpha value is -1.61. The molecule has 0 aliphatic carbocycles. The van der Waals surface area contributed by atoms with E-state index in [2.05, 4.69) is 4.90 Å². The Kier molecular flexibility index (Phi) is 4.92. The lowest BCUT2D eigenvalue weighted by molar-refractivity contribution is 0.173. The van der Waals surface area contributed by atoms with Gasteiger partial charge in [-0.15, -0.1) is 11.3 Å². The lowest BCUT2D eigenvalue weighted by Crippen LogP contribution is -2.48. The van der Waals surface area contributed by atoms with Crippen molar-refractivity contribution < 1.29 is 17.9 Å². The molecule has 1 aromatic carbocycles. The molecule has 0 bridgehead atoms. The summed E-state index contributed by atoms with van der Waals surface area (Å²) >= 11 is 1.38. The van der Waals surface area contributed by atoms with Crippen molar-refractivity contribution in [3.8, 4) is 11.5 Å². The van der Waals surface area contributed by atoms with Crippen LogP contribution in [-0.2, 0) is 23.0 Å². The van der Waals surface area contributed by atoms with Gasteiger partial charge >= 0.3 is 0 Å². The molecule has 1 saturated heterocycles. The van der Waals surface area contributed by atoms with Gasteiger partial charge in [0.05, 0.1) is 0 Å².